The third-order valence-corrected chi connectivity index (χ3v) is 6.78. The lowest BCUT2D eigenvalue weighted by Gasteiger charge is -2.44. The number of nitrogens with zero attached hydrogens (tertiary/aromatic N) is 2. The van der Waals surface area contributed by atoms with Gasteiger partial charge < -0.3 is 25.6 Å². The van der Waals surface area contributed by atoms with Crippen molar-refractivity contribution in [3.63, 3.8) is 0 Å². The molecule has 1 saturated heterocycles. The average Bonchev–Trinajstić information content (AvgIpc) is 2.88. The van der Waals surface area contributed by atoms with Crippen molar-refractivity contribution in [2.24, 2.45) is 5.73 Å². The lowest BCUT2D eigenvalue weighted by atomic mass is 10.00. The van der Waals surface area contributed by atoms with Gasteiger partial charge >= 0.3 is 0 Å². The summed E-state index contributed by atoms with van der Waals surface area (Å²) in [5.41, 5.74) is 7.63. The standard InChI is InChI=1S/C29H34ClN3O4/c1-29(2,36)19-37-23-12-13-25(24(30)16-23)33-15-14-32(17-26(33)20-6-4-3-5-7-20)18-27(34)21-8-10-22(11-9-21)28(31)35/h3-13,16,26-27,34,36H,14-15,17-19H2,1-2H3,(H2,31,35)/t26-,27?/m0/s1. The maximum Gasteiger partial charge on any atom is 0.248 e. The van der Waals surface area contributed by atoms with Gasteiger partial charge in [0.15, 0.2) is 0 Å². The Hall–Kier alpha value is -3.10. The van der Waals surface area contributed by atoms with Crippen LogP contribution in [0.25, 0.3) is 0 Å². The van der Waals surface area contributed by atoms with Crippen molar-refractivity contribution >= 4 is 23.2 Å². The van der Waals surface area contributed by atoms with E-state index in [0.717, 1.165) is 29.9 Å². The van der Waals surface area contributed by atoms with Crippen LogP contribution in [0.1, 0.15) is 47.5 Å². The summed E-state index contributed by atoms with van der Waals surface area (Å²) >= 11 is 6.73. The fourth-order valence-corrected chi connectivity index (χ4v) is 4.82. The summed E-state index contributed by atoms with van der Waals surface area (Å²) in [6.07, 6.45) is -0.694. The normalized spacial score (nSPS) is 17.4. The number of anilines is 1. The van der Waals surface area contributed by atoms with Crippen LogP contribution in [0.2, 0.25) is 5.02 Å². The minimum Gasteiger partial charge on any atom is -0.491 e. The number of rotatable bonds is 9. The topological polar surface area (TPSA) is 99.3 Å². The third kappa shape index (κ3) is 7.02. The zero-order valence-corrected chi connectivity index (χ0v) is 21.9. The van der Waals surface area contributed by atoms with Crippen molar-refractivity contribution in [1.82, 2.24) is 4.90 Å². The molecule has 2 atom stereocenters. The van der Waals surface area contributed by atoms with E-state index in [0.29, 0.717) is 29.4 Å². The number of nitrogens with two attached hydrogens (primary N) is 1. The molecule has 1 unspecified atom stereocenters. The van der Waals surface area contributed by atoms with Gasteiger partial charge in [0.05, 0.1) is 28.5 Å². The van der Waals surface area contributed by atoms with Gasteiger partial charge in [-0.05, 0) is 49.2 Å². The highest BCUT2D eigenvalue weighted by atomic mass is 35.5. The van der Waals surface area contributed by atoms with Crippen molar-refractivity contribution in [3.05, 3.63) is 94.5 Å². The molecule has 1 aliphatic heterocycles. The van der Waals surface area contributed by atoms with Gasteiger partial charge in [-0.15, -0.1) is 0 Å². The number of halogens is 1. The van der Waals surface area contributed by atoms with Crippen LogP contribution in [0.15, 0.2) is 72.8 Å². The van der Waals surface area contributed by atoms with Crippen LogP contribution in [-0.2, 0) is 0 Å². The first kappa shape index (κ1) is 26.9. The maximum absolute atomic E-state index is 11.4. The summed E-state index contributed by atoms with van der Waals surface area (Å²) in [7, 11) is 0. The lowest BCUT2D eigenvalue weighted by molar-refractivity contribution is 0.0285. The van der Waals surface area contributed by atoms with E-state index in [1.54, 1.807) is 44.2 Å². The minimum absolute atomic E-state index is 0.0278. The number of amides is 1. The number of primary amides is 1. The predicted octanol–water partition coefficient (Wildman–Crippen LogP) is 4.19. The molecule has 0 spiro atoms. The molecule has 4 N–H and O–H groups in total. The molecule has 0 saturated carbocycles. The molecule has 1 amide bonds. The van der Waals surface area contributed by atoms with Crippen LogP contribution >= 0.6 is 11.6 Å². The van der Waals surface area contributed by atoms with Gasteiger partial charge in [-0.2, -0.15) is 0 Å². The number of hydrogen-bond donors (Lipinski definition) is 3. The molecule has 1 fully saturated rings. The fraction of sp³-hybridized carbons (Fsp3) is 0.345. The quantitative estimate of drug-likeness (QED) is 0.389. The van der Waals surface area contributed by atoms with Crippen molar-refractivity contribution in [2.75, 3.05) is 37.7 Å². The first-order valence-electron chi connectivity index (χ1n) is 12.4. The molecule has 0 aromatic heterocycles. The number of β-amino-alcohol motifs (C(OH)–C–C–N with tert-alkyl or cyclic N) is 1. The zero-order chi connectivity index (χ0) is 26.6. The molecule has 3 aromatic rings. The Bertz CT molecular complexity index is 1200. The number of aliphatic hydroxyl groups excluding tert-OH is 1. The Balaban J connectivity index is 1.51. The molecule has 0 radical (unpaired) electrons. The van der Waals surface area contributed by atoms with Crippen LogP contribution < -0.4 is 15.4 Å². The highest BCUT2D eigenvalue weighted by Gasteiger charge is 2.31. The summed E-state index contributed by atoms with van der Waals surface area (Å²) in [5, 5.41) is 21.4. The molecular weight excluding hydrogens is 490 g/mol. The second-order valence-electron chi connectivity index (χ2n) is 10.1. The number of piperazine rings is 1. The predicted molar refractivity (Wildman–Crippen MR) is 146 cm³/mol. The summed E-state index contributed by atoms with van der Waals surface area (Å²) in [5.74, 6) is 0.120. The summed E-state index contributed by atoms with van der Waals surface area (Å²) in [6, 6.07) is 22.7. The van der Waals surface area contributed by atoms with Crippen molar-refractivity contribution < 1.29 is 19.7 Å². The molecule has 196 valence electrons. The van der Waals surface area contributed by atoms with E-state index in [2.05, 4.69) is 21.9 Å². The second-order valence-corrected chi connectivity index (χ2v) is 10.5. The van der Waals surface area contributed by atoms with E-state index in [9.17, 15) is 15.0 Å². The zero-order valence-electron chi connectivity index (χ0n) is 21.2. The van der Waals surface area contributed by atoms with Gasteiger partial charge in [-0.25, -0.2) is 0 Å². The van der Waals surface area contributed by atoms with E-state index in [-0.39, 0.29) is 12.6 Å². The number of carbonyl (C=O) groups is 1. The summed E-state index contributed by atoms with van der Waals surface area (Å²) in [6.45, 7) is 6.18. The van der Waals surface area contributed by atoms with Crippen LogP contribution in [0, 0.1) is 0 Å². The molecular formula is C29H34ClN3O4. The molecule has 3 aromatic carbocycles. The molecule has 37 heavy (non-hydrogen) atoms. The molecule has 8 heteroatoms. The van der Waals surface area contributed by atoms with Crippen molar-refractivity contribution in [1.29, 1.82) is 0 Å². The summed E-state index contributed by atoms with van der Waals surface area (Å²) in [4.78, 5) is 15.9. The number of ether oxygens (including phenoxy) is 1. The highest BCUT2D eigenvalue weighted by Crippen LogP contribution is 2.37. The Morgan fingerprint density at radius 2 is 1.81 bits per heavy atom. The van der Waals surface area contributed by atoms with Gasteiger partial charge in [0.25, 0.3) is 0 Å². The van der Waals surface area contributed by atoms with Crippen LogP contribution in [0.5, 0.6) is 5.75 Å². The smallest absolute Gasteiger partial charge is 0.248 e. The van der Waals surface area contributed by atoms with E-state index < -0.39 is 17.6 Å². The van der Waals surface area contributed by atoms with Gasteiger partial charge in [0.1, 0.15) is 12.4 Å². The van der Waals surface area contributed by atoms with Gasteiger partial charge in [0, 0.05) is 37.8 Å². The van der Waals surface area contributed by atoms with Crippen LogP contribution in [0.4, 0.5) is 5.69 Å². The Kier molecular flexibility index (Phi) is 8.39. The van der Waals surface area contributed by atoms with Gasteiger partial charge in [-0.3, -0.25) is 9.69 Å². The van der Waals surface area contributed by atoms with Gasteiger partial charge in [0.2, 0.25) is 5.91 Å². The van der Waals surface area contributed by atoms with E-state index >= 15 is 0 Å². The molecule has 7 nitrogen and oxygen atoms in total. The second kappa shape index (κ2) is 11.5. The van der Waals surface area contributed by atoms with Crippen LogP contribution in [0.3, 0.4) is 0 Å². The molecule has 0 bridgehead atoms. The number of hydrogen-bond acceptors (Lipinski definition) is 6. The number of aliphatic hydroxyl groups is 2. The maximum atomic E-state index is 11.4. The number of benzene rings is 3. The summed E-state index contributed by atoms with van der Waals surface area (Å²) < 4.78 is 5.71. The monoisotopic (exact) mass is 523 g/mol. The molecule has 1 heterocycles. The molecule has 1 aliphatic rings. The van der Waals surface area contributed by atoms with Crippen molar-refractivity contribution in [3.8, 4) is 5.75 Å². The molecule has 4 rings (SSSR count). The lowest BCUT2D eigenvalue weighted by Crippen LogP contribution is -2.49. The first-order valence-corrected chi connectivity index (χ1v) is 12.7. The molecule has 0 aliphatic carbocycles. The Labute approximate surface area is 223 Å². The highest BCUT2D eigenvalue weighted by molar-refractivity contribution is 6.33. The Morgan fingerprint density at radius 3 is 2.43 bits per heavy atom. The van der Waals surface area contributed by atoms with Crippen molar-refractivity contribution in [2.45, 2.75) is 31.6 Å². The fourth-order valence-electron chi connectivity index (χ4n) is 4.54. The SMILES string of the molecule is CC(C)(O)COc1ccc(N2CCN(CC(O)c3ccc(C(N)=O)cc3)C[C@H]2c2ccccc2)c(Cl)c1. The number of carbonyl (C=O) groups excluding carboxylic acids is 1. The van der Waals surface area contributed by atoms with Gasteiger partial charge in [-0.1, -0.05) is 54.1 Å². The first-order chi connectivity index (χ1) is 17.6. The average molecular weight is 524 g/mol. The van der Waals surface area contributed by atoms with E-state index in [1.165, 1.54) is 0 Å². The Morgan fingerprint density at radius 1 is 1.11 bits per heavy atom. The van der Waals surface area contributed by atoms with E-state index in [4.69, 9.17) is 22.1 Å². The van der Waals surface area contributed by atoms with Crippen LogP contribution in [-0.4, -0.2) is 59.4 Å². The minimum atomic E-state index is -0.936. The van der Waals surface area contributed by atoms with E-state index in [1.807, 2.05) is 30.3 Å². The largest absolute Gasteiger partial charge is 0.491 e. The third-order valence-electron chi connectivity index (χ3n) is 6.48.